The van der Waals surface area contributed by atoms with E-state index in [4.69, 9.17) is 0 Å². The molecule has 0 fully saturated rings. The smallest absolute Gasteiger partial charge is 0.325 e. The average molecular weight is 400 g/mol. The Kier molecular flexibility index (Phi) is 4.57. The van der Waals surface area contributed by atoms with Crippen molar-refractivity contribution in [3.05, 3.63) is 76.8 Å². The van der Waals surface area contributed by atoms with Crippen LogP contribution in [0.15, 0.2) is 65.7 Å². The van der Waals surface area contributed by atoms with Crippen LogP contribution in [0.3, 0.4) is 0 Å². The number of amides is 1. The zero-order chi connectivity index (χ0) is 20.6. The number of halogens is 3. The molecule has 3 aromatic heterocycles. The summed E-state index contributed by atoms with van der Waals surface area (Å²) in [7, 11) is 0. The van der Waals surface area contributed by atoms with Gasteiger partial charge in [-0.05, 0) is 36.4 Å². The van der Waals surface area contributed by atoms with Crippen LogP contribution in [-0.2, 0) is 17.5 Å². The van der Waals surface area contributed by atoms with Crippen LogP contribution >= 0.6 is 0 Å². The summed E-state index contributed by atoms with van der Waals surface area (Å²) >= 11 is 0. The van der Waals surface area contributed by atoms with Crippen molar-refractivity contribution in [3.8, 4) is 0 Å². The van der Waals surface area contributed by atoms with Crippen LogP contribution in [-0.4, -0.2) is 19.9 Å². The molecule has 0 atom stereocenters. The number of carbonyl (C=O) groups is 1. The Morgan fingerprint density at radius 2 is 1.79 bits per heavy atom. The average Bonchev–Trinajstić information content (AvgIpc) is 3.18. The lowest BCUT2D eigenvalue weighted by Crippen LogP contribution is -2.26. The number of anilines is 1. The van der Waals surface area contributed by atoms with E-state index in [1.165, 1.54) is 29.0 Å². The summed E-state index contributed by atoms with van der Waals surface area (Å²) in [4.78, 5) is 29.3. The molecule has 148 valence electrons. The number of fused-ring (bicyclic) bond motifs is 3. The lowest BCUT2D eigenvalue weighted by Gasteiger charge is -2.14. The highest BCUT2D eigenvalue weighted by Crippen LogP contribution is 2.34. The minimum Gasteiger partial charge on any atom is -0.325 e. The van der Waals surface area contributed by atoms with Crippen LogP contribution in [0.5, 0.6) is 0 Å². The van der Waals surface area contributed by atoms with Gasteiger partial charge in [0.15, 0.2) is 5.65 Å². The molecule has 1 aromatic carbocycles. The van der Waals surface area contributed by atoms with Crippen molar-refractivity contribution in [2.45, 2.75) is 19.1 Å². The summed E-state index contributed by atoms with van der Waals surface area (Å²) in [5.74, 6) is -0.632. The van der Waals surface area contributed by atoms with Crippen LogP contribution in [0, 0.1) is 0 Å². The highest BCUT2D eigenvalue weighted by atomic mass is 19.4. The topological polar surface area (TPSA) is 68.4 Å². The molecule has 6 nitrogen and oxygen atoms in total. The standard InChI is InChI=1S/C20H15F3N4O2/c21-20(22,23)13-5-1-2-6-14(13)25-17(28)9-12-27-18-15(7-3-10-24-18)26-11-4-8-16(26)19(27)29/h1-8,10-11H,9,12H2,(H,25,28). The van der Waals surface area contributed by atoms with Gasteiger partial charge >= 0.3 is 6.18 Å². The Balaban J connectivity index is 1.62. The fourth-order valence-electron chi connectivity index (χ4n) is 3.26. The van der Waals surface area contributed by atoms with Gasteiger partial charge in [-0.25, -0.2) is 4.98 Å². The molecule has 0 spiro atoms. The van der Waals surface area contributed by atoms with E-state index in [-0.39, 0.29) is 24.2 Å². The summed E-state index contributed by atoms with van der Waals surface area (Å²) < 4.78 is 42.3. The Morgan fingerprint density at radius 3 is 2.59 bits per heavy atom. The number of carbonyl (C=O) groups excluding carboxylic acids is 1. The number of alkyl halides is 3. The summed E-state index contributed by atoms with van der Waals surface area (Å²) in [6.07, 6.45) is -1.49. The number of hydrogen-bond acceptors (Lipinski definition) is 3. The molecule has 0 aliphatic heterocycles. The van der Waals surface area contributed by atoms with Crippen LogP contribution in [0.1, 0.15) is 12.0 Å². The van der Waals surface area contributed by atoms with Gasteiger partial charge in [0.25, 0.3) is 5.56 Å². The zero-order valence-corrected chi connectivity index (χ0v) is 15.0. The number of aromatic nitrogens is 3. The maximum absolute atomic E-state index is 13.1. The van der Waals surface area contributed by atoms with Gasteiger partial charge in [0, 0.05) is 25.4 Å². The normalized spacial score (nSPS) is 11.8. The maximum atomic E-state index is 13.1. The van der Waals surface area contributed by atoms with Crippen molar-refractivity contribution in [3.63, 3.8) is 0 Å². The van der Waals surface area contributed by atoms with Crippen LogP contribution in [0.2, 0.25) is 0 Å². The largest absolute Gasteiger partial charge is 0.418 e. The number of para-hydroxylation sites is 1. The molecule has 0 aliphatic rings. The number of rotatable bonds is 4. The summed E-state index contributed by atoms with van der Waals surface area (Å²) in [6, 6.07) is 11.7. The minimum absolute atomic E-state index is 0.0198. The van der Waals surface area contributed by atoms with E-state index in [2.05, 4.69) is 10.3 Å². The molecule has 0 unspecified atom stereocenters. The van der Waals surface area contributed by atoms with Gasteiger partial charge in [0.1, 0.15) is 5.52 Å². The number of pyridine rings is 1. The first-order valence-corrected chi connectivity index (χ1v) is 8.77. The monoisotopic (exact) mass is 400 g/mol. The van der Waals surface area contributed by atoms with Crippen molar-refractivity contribution >= 4 is 28.3 Å². The van der Waals surface area contributed by atoms with E-state index in [1.807, 2.05) is 0 Å². The van der Waals surface area contributed by atoms with Crippen molar-refractivity contribution < 1.29 is 18.0 Å². The van der Waals surface area contributed by atoms with Crippen molar-refractivity contribution in [2.75, 3.05) is 5.32 Å². The molecule has 3 heterocycles. The van der Waals surface area contributed by atoms with E-state index in [9.17, 15) is 22.8 Å². The third kappa shape index (κ3) is 3.46. The minimum atomic E-state index is -4.58. The number of aryl methyl sites for hydroxylation is 1. The SMILES string of the molecule is O=C(CCn1c(=O)c2cccn2c2cccnc21)Nc1ccccc1C(F)(F)F. The second-order valence-electron chi connectivity index (χ2n) is 6.41. The molecule has 1 N–H and O–H groups in total. The molecule has 0 saturated heterocycles. The zero-order valence-electron chi connectivity index (χ0n) is 15.0. The summed E-state index contributed by atoms with van der Waals surface area (Å²) in [6.45, 7) is -0.0198. The molecular formula is C20H15F3N4O2. The van der Waals surface area contributed by atoms with Gasteiger partial charge in [0.05, 0.1) is 16.8 Å². The molecule has 0 aliphatic carbocycles. The van der Waals surface area contributed by atoms with E-state index < -0.39 is 17.6 Å². The van der Waals surface area contributed by atoms with Crippen molar-refractivity contribution in [1.82, 2.24) is 14.0 Å². The van der Waals surface area contributed by atoms with E-state index in [0.717, 1.165) is 6.07 Å². The van der Waals surface area contributed by atoms with Gasteiger partial charge < -0.3 is 9.72 Å². The molecular weight excluding hydrogens is 385 g/mol. The van der Waals surface area contributed by atoms with E-state index in [0.29, 0.717) is 16.7 Å². The fraction of sp³-hybridized carbons (Fsp3) is 0.150. The summed E-state index contributed by atoms with van der Waals surface area (Å²) in [5, 5.41) is 2.29. The molecule has 4 rings (SSSR count). The highest BCUT2D eigenvalue weighted by Gasteiger charge is 2.33. The molecule has 0 saturated carbocycles. The predicted molar refractivity (Wildman–Crippen MR) is 102 cm³/mol. The third-order valence-electron chi connectivity index (χ3n) is 4.56. The summed E-state index contributed by atoms with van der Waals surface area (Å²) in [5.41, 5.74) is -0.0627. The number of hydrogen-bond donors (Lipinski definition) is 1. The third-order valence-corrected chi connectivity index (χ3v) is 4.56. The first-order chi connectivity index (χ1) is 13.9. The first-order valence-electron chi connectivity index (χ1n) is 8.77. The van der Waals surface area contributed by atoms with Crippen molar-refractivity contribution in [1.29, 1.82) is 0 Å². The molecule has 0 bridgehead atoms. The van der Waals surface area contributed by atoms with Gasteiger partial charge in [-0.1, -0.05) is 12.1 Å². The quantitative estimate of drug-likeness (QED) is 0.568. The van der Waals surface area contributed by atoms with E-state index >= 15 is 0 Å². The molecule has 9 heteroatoms. The van der Waals surface area contributed by atoms with Gasteiger partial charge in [-0.15, -0.1) is 0 Å². The second kappa shape index (κ2) is 7.08. The lowest BCUT2D eigenvalue weighted by atomic mass is 10.1. The fourth-order valence-corrected chi connectivity index (χ4v) is 3.26. The number of nitrogens with one attached hydrogen (secondary N) is 1. The number of nitrogens with zero attached hydrogens (tertiary/aromatic N) is 3. The Bertz CT molecular complexity index is 1270. The first kappa shape index (κ1) is 18.7. The molecule has 4 aromatic rings. The Morgan fingerprint density at radius 1 is 1.03 bits per heavy atom. The van der Waals surface area contributed by atoms with E-state index in [1.54, 1.807) is 34.9 Å². The number of benzene rings is 1. The Labute approximate surface area is 162 Å². The second-order valence-corrected chi connectivity index (χ2v) is 6.41. The van der Waals surface area contributed by atoms with Crippen molar-refractivity contribution in [2.24, 2.45) is 0 Å². The van der Waals surface area contributed by atoms with Crippen LogP contribution < -0.4 is 10.9 Å². The van der Waals surface area contributed by atoms with Crippen LogP contribution in [0.4, 0.5) is 18.9 Å². The highest BCUT2D eigenvalue weighted by molar-refractivity contribution is 5.91. The van der Waals surface area contributed by atoms with Gasteiger partial charge in [0.2, 0.25) is 5.91 Å². The molecule has 1 amide bonds. The molecule has 29 heavy (non-hydrogen) atoms. The van der Waals surface area contributed by atoms with Gasteiger partial charge in [-0.3, -0.25) is 14.2 Å². The van der Waals surface area contributed by atoms with Gasteiger partial charge in [-0.2, -0.15) is 13.2 Å². The van der Waals surface area contributed by atoms with Crippen LogP contribution in [0.25, 0.3) is 16.7 Å². The lowest BCUT2D eigenvalue weighted by molar-refractivity contribution is -0.137. The molecule has 0 radical (unpaired) electrons. The Hall–Kier alpha value is -3.62. The maximum Gasteiger partial charge on any atom is 0.418 e. The predicted octanol–water partition coefficient (Wildman–Crippen LogP) is 3.70.